The van der Waals surface area contributed by atoms with Gasteiger partial charge >= 0.3 is 12.1 Å². The Bertz CT molecular complexity index is 710. The highest BCUT2D eigenvalue weighted by Gasteiger charge is 2.27. The molecule has 0 bridgehead atoms. The van der Waals surface area contributed by atoms with Crippen LogP contribution in [0.15, 0.2) is 36.4 Å². The molecule has 0 saturated carbocycles. The minimum atomic E-state index is -1.11. The molecule has 28 heavy (non-hydrogen) atoms. The van der Waals surface area contributed by atoms with Gasteiger partial charge < -0.3 is 20.1 Å². The number of benzene rings is 1. The van der Waals surface area contributed by atoms with E-state index in [0.717, 1.165) is 0 Å². The Kier molecular flexibility index (Phi) is 8.63. The second-order valence-electron chi connectivity index (χ2n) is 7.07. The number of rotatable bonds is 8. The number of esters is 1. The molecule has 0 spiro atoms. The van der Waals surface area contributed by atoms with E-state index in [2.05, 4.69) is 17.2 Å². The monoisotopic (exact) mass is 394 g/mol. The first-order chi connectivity index (χ1) is 13.0. The number of alkyl carbamates (subject to hydrolysis) is 1. The molecule has 1 aromatic rings. The highest BCUT2D eigenvalue weighted by atomic mass is 19.1. The number of ether oxygens (including phenoxy) is 2. The molecule has 1 atom stereocenters. The SMILES string of the molecule is C=C(C[C@H](NC(=O)OC(C)(C)C)C(=O)OCC)C(=O)NCc1ccc(F)cc1. The maximum atomic E-state index is 12.9. The summed E-state index contributed by atoms with van der Waals surface area (Å²) in [4.78, 5) is 36.3. The molecule has 0 aliphatic rings. The Hall–Kier alpha value is -2.90. The quantitative estimate of drug-likeness (QED) is 0.522. The van der Waals surface area contributed by atoms with Gasteiger partial charge in [-0.25, -0.2) is 14.0 Å². The van der Waals surface area contributed by atoms with Crippen molar-refractivity contribution in [3.8, 4) is 0 Å². The fourth-order valence-electron chi connectivity index (χ4n) is 2.13. The topological polar surface area (TPSA) is 93.7 Å². The maximum absolute atomic E-state index is 12.9. The number of nitrogens with one attached hydrogen (secondary N) is 2. The molecule has 0 heterocycles. The van der Waals surface area contributed by atoms with E-state index in [1.54, 1.807) is 39.8 Å². The van der Waals surface area contributed by atoms with Crippen molar-refractivity contribution in [2.75, 3.05) is 6.61 Å². The summed E-state index contributed by atoms with van der Waals surface area (Å²) in [7, 11) is 0. The third kappa shape index (κ3) is 8.66. The Morgan fingerprint density at radius 3 is 2.32 bits per heavy atom. The van der Waals surface area contributed by atoms with E-state index in [1.807, 2.05) is 0 Å². The zero-order valence-electron chi connectivity index (χ0n) is 16.6. The van der Waals surface area contributed by atoms with Crippen LogP contribution < -0.4 is 10.6 Å². The Morgan fingerprint density at radius 1 is 1.18 bits per heavy atom. The van der Waals surface area contributed by atoms with Crippen LogP contribution in [0.5, 0.6) is 0 Å². The number of amides is 2. The predicted molar refractivity (Wildman–Crippen MR) is 102 cm³/mol. The third-order valence-corrected chi connectivity index (χ3v) is 3.40. The van der Waals surface area contributed by atoms with Crippen LogP contribution in [0.1, 0.15) is 39.7 Å². The highest BCUT2D eigenvalue weighted by Crippen LogP contribution is 2.11. The summed E-state index contributed by atoms with van der Waals surface area (Å²) in [6.07, 6.45) is -0.946. The molecule has 0 aromatic heterocycles. The van der Waals surface area contributed by atoms with E-state index in [0.29, 0.717) is 5.56 Å². The van der Waals surface area contributed by atoms with Crippen LogP contribution >= 0.6 is 0 Å². The lowest BCUT2D eigenvalue weighted by molar-refractivity contribution is -0.145. The molecule has 1 aromatic carbocycles. The lowest BCUT2D eigenvalue weighted by Crippen LogP contribution is -2.45. The van der Waals surface area contributed by atoms with Crippen LogP contribution in [0.25, 0.3) is 0 Å². The van der Waals surface area contributed by atoms with E-state index in [4.69, 9.17) is 9.47 Å². The third-order valence-electron chi connectivity index (χ3n) is 3.40. The van der Waals surface area contributed by atoms with Gasteiger partial charge in [-0.15, -0.1) is 0 Å². The van der Waals surface area contributed by atoms with E-state index < -0.39 is 29.6 Å². The van der Waals surface area contributed by atoms with Gasteiger partial charge in [0.15, 0.2) is 0 Å². The summed E-state index contributed by atoms with van der Waals surface area (Å²) in [6, 6.07) is 4.56. The van der Waals surface area contributed by atoms with Gasteiger partial charge in [-0.3, -0.25) is 4.79 Å². The van der Waals surface area contributed by atoms with Crippen molar-refractivity contribution in [3.05, 3.63) is 47.8 Å². The lowest BCUT2D eigenvalue weighted by atomic mass is 10.1. The number of halogens is 1. The Labute approximate surface area is 164 Å². The first kappa shape index (κ1) is 23.1. The van der Waals surface area contributed by atoms with Crippen molar-refractivity contribution in [1.82, 2.24) is 10.6 Å². The van der Waals surface area contributed by atoms with Crippen molar-refractivity contribution in [2.24, 2.45) is 0 Å². The largest absolute Gasteiger partial charge is 0.464 e. The van der Waals surface area contributed by atoms with Gasteiger partial charge in [0, 0.05) is 18.5 Å². The number of hydrogen-bond acceptors (Lipinski definition) is 5. The molecule has 1 rings (SSSR count). The van der Waals surface area contributed by atoms with Crippen LogP contribution in [0.4, 0.5) is 9.18 Å². The highest BCUT2D eigenvalue weighted by molar-refractivity contribution is 5.94. The number of hydrogen-bond donors (Lipinski definition) is 2. The van der Waals surface area contributed by atoms with Crippen LogP contribution in [0.3, 0.4) is 0 Å². The van der Waals surface area contributed by atoms with Crippen LogP contribution in [0, 0.1) is 5.82 Å². The smallest absolute Gasteiger partial charge is 0.408 e. The van der Waals surface area contributed by atoms with Gasteiger partial charge in [0.25, 0.3) is 0 Å². The first-order valence-corrected chi connectivity index (χ1v) is 8.88. The zero-order chi connectivity index (χ0) is 21.3. The molecule has 0 saturated heterocycles. The summed E-state index contributed by atoms with van der Waals surface area (Å²) in [5.74, 6) is -1.56. The molecular weight excluding hydrogens is 367 g/mol. The van der Waals surface area contributed by atoms with Gasteiger partial charge in [-0.1, -0.05) is 18.7 Å². The molecular formula is C20H27FN2O5. The molecule has 7 nitrogen and oxygen atoms in total. The van der Waals surface area contributed by atoms with Crippen molar-refractivity contribution in [1.29, 1.82) is 0 Å². The normalized spacial score (nSPS) is 11.9. The summed E-state index contributed by atoms with van der Waals surface area (Å²) in [5, 5.41) is 5.03. The molecule has 0 aliphatic carbocycles. The second-order valence-corrected chi connectivity index (χ2v) is 7.07. The standard InChI is InChI=1S/C20H27FN2O5/c1-6-27-18(25)16(23-19(26)28-20(3,4)5)11-13(2)17(24)22-12-14-7-9-15(21)10-8-14/h7-10,16H,2,6,11-12H2,1,3-5H3,(H,22,24)(H,23,26)/t16-/m0/s1. The second kappa shape index (κ2) is 10.4. The van der Waals surface area contributed by atoms with Crippen molar-refractivity contribution < 1.29 is 28.2 Å². The summed E-state index contributed by atoms with van der Waals surface area (Å²) < 4.78 is 23.0. The van der Waals surface area contributed by atoms with Gasteiger partial charge in [0.05, 0.1) is 6.61 Å². The van der Waals surface area contributed by atoms with E-state index >= 15 is 0 Å². The number of carbonyl (C=O) groups excluding carboxylic acids is 3. The van der Waals surface area contributed by atoms with Gasteiger partial charge in [-0.2, -0.15) is 0 Å². The number of carbonyl (C=O) groups is 3. The molecule has 0 radical (unpaired) electrons. The summed E-state index contributed by atoms with van der Waals surface area (Å²) in [5.41, 5.74) is 0.0416. The van der Waals surface area contributed by atoms with E-state index in [9.17, 15) is 18.8 Å². The Balaban J connectivity index is 2.67. The molecule has 2 N–H and O–H groups in total. The van der Waals surface area contributed by atoms with Crippen LogP contribution in [0.2, 0.25) is 0 Å². The predicted octanol–water partition coefficient (Wildman–Crippen LogP) is 2.84. The minimum absolute atomic E-state index is 0.0798. The van der Waals surface area contributed by atoms with E-state index in [1.165, 1.54) is 12.1 Å². The van der Waals surface area contributed by atoms with Crippen molar-refractivity contribution >= 4 is 18.0 Å². The maximum Gasteiger partial charge on any atom is 0.408 e. The minimum Gasteiger partial charge on any atom is -0.464 e. The Morgan fingerprint density at radius 2 is 1.79 bits per heavy atom. The molecule has 2 amide bonds. The fraction of sp³-hybridized carbons (Fsp3) is 0.450. The zero-order valence-corrected chi connectivity index (χ0v) is 16.6. The molecule has 0 unspecified atom stereocenters. The average molecular weight is 394 g/mol. The summed E-state index contributed by atoms with van der Waals surface area (Å²) in [6.45, 7) is 10.7. The van der Waals surface area contributed by atoms with Gasteiger partial charge in [0.1, 0.15) is 17.5 Å². The van der Waals surface area contributed by atoms with Crippen molar-refractivity contribution in [2.45, 2.75) is 52.3 Å². The molecule has 0 aliphatic heterocycles. The van der Waals surface area contributed by atoms with Gasteiger partial charge in [-0.05, 0) is 45.4 Å². The van der Waals surface area contributed by atoms with Crippen LogP contribution in [-0.2, 0) is 25.6 Å². The summed E-state index contributed by atoms with van der Waals surface area (Å²) >= 11 is 0. The first-order valence-electron chi connectivity index (χ1n) is 8.88. The van der Waals surface area contributed by atoms with E-state index in [-0.39, 0.29) is 31.0 Å². The molecule has 0 fully saturated rings. The fourth-order valence-corrected chi connectivity index (χ4v) is 2.13. The lowest BCUT2D eigenvalue weighted by Gasteiger charge is -2.23. The van der Waals surface area contributed by atoms with Gasteiger partial charge in [0.2, 0.25) is 5.91 Å². The average Bonchev–Trinajstić information content (AvgIpc) is 2.58. The van der Waals surface area contributed by atoms with Crippen molar-refractivity contribution in [3.63, 3.8) is 0 Å². The van der Waals surface area contributed by atoms with Crippen LogP contribution in [-0.4, -0.2) is 36.2 Å². The molecule has 8 heteroatoms. The molecule has 154 valence electrons.